The number of hydrogen-bond acceptors (Lipinski definition) is 6. The van der Waals surface area contributed by atoms with Crippen LogP contribution < -0.4 is 21.3 Å². The number of thioether (sulfide) groups is 1. The minimum atomic E-state index is -0.567. The molecule has 2 heterocycles. The van der Waals surface area contributed by atoms with E-state index < -0.39 is 11.8 Å². The Hall–Kier alpha value is -3.59. The van der Waals surface area contributed by atoms with Gasteiger partial charge < -0.3 is 20.4 Å². The molecule has 2 aromatic carbocycles. The highest BCUT2D eigenvalue weighted by molar-refractivity contribution is 7.98. The Labute approximate surface area is 195 Å². The summed E-state index contributed by atoms with van der Waals surface area (Å²) in [6, 6.07) is 15.0. The van der Waals surface area contributed by atoms with Crippen molar-refractivity contribution in [2.45, 2.75) is 30.2 Å². The van der Waals surface area contributed by atoms with Crippen molar-refractivity contribution in [1.29, 1.82) is 0 Å². The average Bonchev–Trinajstić information content (AvgIpc) is 2.79. The van der Waals surface area contributed by atoms with Gasteiger partial charge in [-0.3, -0.25) is 14.4 Å². The second kappa shape index (κ2) is 9.50. The van der Waals surface area contributed by atoms with E-state index in [9.17, 15) is 14.4 Å². The van der Waals surface area contributed by atoms with Crippen LogP contribution in [-0.2, 0) is 22.4 Å². The van der Waals surface area contributed by atoms with Crippen LogP contribution in [0.15, 0.2) is 58.5 Å². The summed E-state index contributed by atoms with van der Waals surface area (Å²) in [7, 11) is 1.80. The van der Waals surface area contributed by atoms with Crippen LogP contribution in [0.25, 0.3) is 0 Å². The van der Waals surface area contributed by atoms with E-state index in [-0.39, 0.29) is 24.5 Å². The Morgan fingerprint density at radius 2 is 1.94 bits per heavy atom. The van der Waals surface area contributed by atoms with E-state index in [0.717, 1.165) is 11.1 Å². The molecule has 1 atom stereocenters. The maximum Gasteiger partial charge on any atom is 0.279 e. The summed E-state index contributed by atoms with van der Waals surface area (Å²) in [6.45, 7) is 1.83. The number of carbonyl (C=O) groups excluding carboxylic acids is 2. The minimum Gasteiger partial charge on any atom is -0.484 e. The van der Waals surface area contributed by atoms with Crippen molar-refractivity contribution >= 4 is 29.4 Å². The zero-order valence-corrected chi connectivity index (χ0v) is 19.1. The summed E-state index contributed by atoms with van der Waals surface area (Å²) >= 11 is 1.46. The summed E-state index contributed by atoms with van der Waals surface area (Å²) in [4.78, 5) is 40.9. The smallest absolute Gasteiger partial charge is 0.279 e. The number of aryl methyl sites for hydroxylation is 1. The highest BCUT2D eigenvalue weighted by atomic mass is 32.2. The second-order valence-corrected chi connectivity index (χ2v) is 8.81. The maximum atomic E-state index is 13.1. The Morgan fingerprint density at radius 1 is 1.21 bits per heavy atom. The van der Waals surface area contributed by atoms with Gasteiger partial charge in [-0.2, -0.15) is 4.98 Å². The molecule has 4 rings (SSSR count). The number of ether oxygens (including phenoxy) is 1. The third-order valence-corrected chi connectivity index (χ3v) is 6.66. The molecular formula is C24H24N4O4S. The van der Waals surface area contributed by atoms with E-state index in [0.29, 0.717) is 28.0 Å². The summed E-state index contributed by atoms with van der Waals surface area (Å²) in [6.07, 6.45) is 0.140. The highest BCUT2D eigenvalue weighted by Crippen LogP contribution is 2.36. The van der Waals surface area contributed by atoms with Crippen LogP contribution in [0.2, 0.25) is 0 Å². The quantitative estimate of drug-likeness (QED) is 0.410. The molecular weight excluding hydrogens is 440 g/mol. The summed E-state index contributed by atoms with van der Waals surface area (Å²) in [5.74, 6) is 0.445. The predicted octanol–water partition coefficient (Wildman–Crippen LogP) is 2.72. The van der Waals surface area contributed by atoms with Crippen LogP contribution in [0.3, 0.4) is 0 Å². The van der Waals surface area contributed by atoms with Gasteiger partial charge in [0.2, 0.25) is 5.91 Å². The molecule has 0 fully saturated rings. The zero-order chi connectivity index (χ0) is 23.5. The summed E-state index contributed by atoms with van der Waals surface area (Å²) in [5, 5.41) is 3.40. The van der Waals surface area contributed by atoms with Crippen LogP contribution in [-0.4, -0.2) is 28.0 Å². The number of nitrogens with zero attached hydrogens (tertiary/aromatic N) is 2. The molecule has 0 saturated heterocycles. The molecule has 1 aliphatic heterocycles. The Balaban J connectivity index is 1.64. The van der Waals surface area contributed by atoms with Crippen molar-refractivity contribution < 1.29 is 14.3 Å². The van der Waals surface area contributed by atoms with Crippen LogP contribution in [0.5, 0.6) is 5.75 Å². The molecule has 0 bridgehead atoms. The number of benzene rings is 2. The second-order valence-electron chi connectivity index (χ2n) is 7.86. The van der Waals surface area contributed by atoms with Crippen molar-refractivity contribution in [1.82, 2.24) is 9.55 Å². The molecule has 3 N–H and O–H groups in total. The SMILES string of the molecule is Cc1ccccc1CSc1nc(=O)c2c(n1C)NC(=O)CC2c1ccc(OCC(N)=O)cc1. The normalized spacial score (nSPS) is 15.0. The van der Waals surface area contributed by atoms with Crippen LogP contribution in [0.1, 0.15) is 34.6 Å². The lowest BCUT2D eigenvalue weighted by molar-refractivity contribution is -0.120. The van der Waals surface area contributed by atoms with E-state index in [1.54, 1.807) is 35.9 Å². The molecule has 1 aliphatic rings. The molecule has 0 radical (unpaired) electrons. The molecule has 33 heavy (non-hydrogen) atoms. The number of anilines is 1. The topological polar surface area (TPSA) is 116 Å². The molecule has 0 aliphatic carbocycles. The van der Waals surface area contributed by atoms with Crippen LogP contribution in [0, 0.1) is 6.92 Å². The van der Waals surface area contributed by atoms with Gasteiger partial charge in [0.15, 0.2) is 11.8 Å². The lowest BCUT2D eigenvalue weighted by atomic mass is 9.87. The summed E-state index contributed by atoms with van der Waals surface area (Å²) < 4.78 is 7.07. The van der Waals surface area contributed by atoms with Crippen molar-refractivity contribution in [3.8, 4) is 5.75 Å². The molecule has 1 unspecified atom stereocenters. The Bertz CT molecular complexity index is 1270. The first-order valence-corrected chi connectivity index (χ1v) is 11.4. The van der Waals surface area contributed by atoms with Crippen LogP contribution in [0.4, 0.5) is 5.82 Å². The van der Waals surface area contributed by atoms with Crippen molar-refractivity contribution in [2.24, 2.45) is 12.8 Å². The maximum absolute atomic E-state index is 13.1. The number of primary amides is 1. The third kappa shape index (κ3) is 4.93. The molecule has 9 heteroatoms. The number of nitrogens with one attached hydrogen (secondary N) is 1. The highest BCUT2D eigenvalue weighted by Gasteiger charge is 2.32. The average molecular weight is 465 g/mol. The Kier molecular flexibility index (Phi) is 6.50. The van der Waals surface area contributed by atoms with E-state index in [1.807, 2.05) is 31.2 Å². The summed E-state index contributed by atoms with van der Waals surface area (Å²) in [5.41, 5.74) is 8.34. The molecule has 3 aromatic rings. The zero-order valence-electron chi connectivity index (χ0n) is 18.3. The fraction of sp³-hybridized carbons (Fsp3) is 0.250. The third-order valence-electron chi connectivity index (χ3n) is 5.58. The number of aromatic nitrogens is 2. The lowest BCUT2D eigenvalue weighted by Gasteiger charge is -2.27. The monoisotopic (exact) mass is 464 g/mol. The first-order valence-electron chi connectivity index (χ1n) is 10.4. The number of carbonyl (C=O) groups is 2. The van der Waals surface area contributed by atoms with Gasteiger partial charge in [0.05, 0.1) is 5.56 Å². The number of amides is 2. The van der Waals surface area contributed by atoms with E-state index in [1.165, 1.54) is 17.3 Å². The number of nitrogens with two attached hydrogens (primary N) is 1. The molecule has 170 valence electrons. The van der Waals surface area contributed by atoms with Crippen molar-refractivity contribution in [3.05, 3.63) is 81.1 Å². The van der Waals surface area contributed by atoms with Gasteiger partial charge in [-0.1, -0.05) is 48.2 Å². The minimum absolute atomic E-state index is 0.140. The van der Waals surface area contributed by atoms with E-state index in [2.05, 4.69) is 10.3 Å². The first kappa shape index (κ1) is 22.6. The largest absolute Gasteiger partial charge is 0.484 e. The number of fused-ring (bicyclic) bond motifs is 1. The van der Waals surface area contributed by atoms with Gasteiger partial charge in [0.25, 0.3) is 11.5 Å². The standard InChI is InChI=1S/C24H24N4O4S/c1-14-5-3-4-6-16(14)13-33-24-27-23(31)21-18(11-20(30)26-22(21)28(24)2)15-7-9-17(10-8-15)32-12-19(25)29/h3-10,18H,11-13H2,1-2H3,(H2,25,29)(H,26,30). The first-order chi connectivity index (χ1) is 15.8. The van der Waals surface area contributed by atoms with Crippen LogP contribution >= 0.6 is 11.8 Å². The van der Waals surface area contributed by atoms with E-state index in [4.69, 9.17) is 10.5 Å². The van der Waals surface area contributed by atoms with Gasteiger partial charge in [-0.15, -0.1) is 0 Å². The van der Waals surface area contributed by atoms with Gasteiger partial charge in [-0.25, -0.2) is 0 Å². The van der Waals surface area contributed by atoms with Gasteiger partial charge in [-0.05, 0) is 35.7 Å². The lowest BCUT2D eigenvalue weighted by Crippen LogP contribution is -2.33. The van der Waals surface area contributed by atoms with Gasteiger partial charge in [0.1, 0.15) is 11.6 Å². The van der Waals surface area contributed by atoms with E-state index >= 15 is 0 Å². The molecule has 1 aromatic heterocycles. The van der Waals surface area contributed by atoms with Crippen molar-refractivity contribution in [2.75, 3.05) is 11.9 Å². The van der Waals surface area contributed by atoms with Gasteiger partial charge in [0, 0.05) is 25.1 Å². The fourth-order valence-corrected chi connectivity index (χ4v) is 4.86. The molecule has 8 nitrogen and oxygen atoms in total. The van der Waals surface area contributed by atoms with Crippen molar-refractivity contribution in [3.63, 3.8) is 0 Å². The number of hydrogen-bond donors (Lipinski definition) is 2. The molecule has 0 saturated carbocycles. The fourth-order valence-electron chi connectivity index (χ4n) is 3.81. The molecule has 0 spiro atoms. The molecule has 2 amide bonds. The van der Waals surface area contributed by atoms with Gasteiger partial charge >= 0.3 is 0 Å². The number of rotatable bonds is 7. The predicted molar refractivity (Wildman–Crippen MR) is 126 cm³/mol. The Morgan fingerprint density at radius 3 is 2.64 bits per heavy atom.